The highest BCUT2D eigenvalue weighted by Gasteiger charge is 2.11. The summed E-state index contributed by atoms with van der Waals surface area (Å²) >= 11 is 1.62. The molecule has 2 aromatic heterocycles. The number of aryl methyl sites for hydroxylation is 1. The van der Waals surface area contributed by atoms with Crippen molar-refractivity contribution in [3.8, 4) is 0 Å². The first-order valence-corrected chi connectivity index (χ1v) is 11.2. The minimum atomic E-state index is -0.603. The number of para-hydroxylation sites is 2. The second-order valence-electron chi connectivity index (χ2n) is 7.15. The zero-order valence-electron chi connectivity index (χ0n) is 17.1. The number of guanidine groups is 1. The normalized spacial score (nSPS) is 13.1. The van der Waals surface area contributed by atoms with Crippen LogP contribution in [0.15, 0.2) is 59.6 Å². The summed E-state index contributed by atoms with van der Waals surface area (Å²) in [4.78, 5) is 13.5. The van der Waals surface area contributed by atoms with Crippen LogP contribution in [0.2, 0.25) is 0 Å². The molecule has 0 aliphatic rings. The van der Waals surface area contributed by atoms with Gasteiger partial charge in [0.1, 0.15) is 11.9 Å². The van der Waals surface area contributed by atoms with Gasteiger partial charge in [0.15, 0.2) is 5.96 Å². The fraction of sp³-hybridized carbons (Fsp3) is 0.304. The molecule has 4 rings (SSSR count). The zero-order valence-corrected chi connectivity index (χ0v) is 17.9. The van der Waals surface area contributed by atoms with E-state index in [1.807, 2.05) is 49.4 Å². The van der Waals surface area contributed by atoms with Gasteiger partial charge in [-0.1, -0.05) is 30.3 Å². The van der Waals surface area contributed by atoms with Crippen LogP contribution < -0.4 is 10.6 Å². The van der Waals surface area contributed by atoms with Crippen LogP contribution in [0.3, 0.4) is 0 Å². The van der Waals surface area contributed by atoms with E-state index in [-0.39, 0.29) is 0 Å². The molecule has 0 amide bonds. The van der Waals surface area contributed by atoms with Gasteiger partial charge in [0, 0.05) is 29.1 Å². The number of rotatable bonds is 8. The molecule has 1 atom stereocenters. The van der Waals surface area contributed by atoms with Crippen LogP contribution in [-0.2, 0) is 6.42 Å². The smallest absolute Gasteiger partial charge is 0.191 e. The number of imidazole rings is 1. The number of aliphatic hydroxyl groups excluding tert-OH is 1. The maximum absolute atomic E-state index is 10.6. The average molecular weight is 422 g/mol. The van der Waals surface area contributed by atoms with Crippen molar-refractivity contribution in [3.63, 3.8) is 0 Å². The number of thiophene rings is 1. The van der Waals surface area contributed by atoms with Crippen molar-refractivity contribution in [1.82, 2.24) is 20.6 Å². The summed E-state index contributed by atoms with van der Waals surface area (Å²) in [5.74, 6) is 1.72. The number of nitrogens with one attached hydrogen (secondary N) is 3. The Kier molecular flexibility index (Phi) is 6.61. The number of H-pyrrole nitrogens is 1. The molecule has 0 aliphatic heterocycles. The second kappa shape index (κ2) is 9.73. The molecular weight excluding hydrogens is 394 g/mol. The summed E-state index contributed by atoms with van der Waals surface area (Å²) in [5, 5.41) is 18.3. The number of aliphatic hydroxyl groups is 1. The Hall–Kier alpha value is -2.90. The highest BCUT2D eigenvalue weighted by Crippen LogP contribution is 2.29. The maximum Gasteiger partial charge on any atom is 0.191 e. The Morgan fingerprint density at radius 1 is 1.17 bits per heavy atom. The van der Waals surface area contributed by atoms with Crippen LogP contribution in [0, 0.1) is 0 Å². The zero-order chi connectivity index (χ0) is 20.8. The van der Waals surface area contributed by atoms with Crippen LogP contribution in [0.1, 0.15) is 30.2 Å². The third kappa shape index (κ3) is 4.98. The van der Waals surface area contributed by atoms with Crippen LogP contribution in [0.5, 0.6) is 0 Å². The number of aromatic nitrogens is 2. The highest BCUT2D eigenvalue weighted by molar-refractivity contribution is 7.19. The Bertz CT molecular complexity index is 1070. The number of fused-ring (bicyclic) bond motifs is 2. The molecule has 0 aliphatic carbocycles. The summed E-state index contributed by atoms with van der Waals surface area (Å²) in [6.45, 7) is 3.91. The van der Waals surface area contributed by atoms with Gasteiger partial charge in [-0.25, -0.2) is 4.98 Å². The van der Waals surface area contributed by atoms with Gasteiger partial charge in [-0.15, -0.1) is 11.3 Å². The molecule has 0 radical (unpaired) electrons. The van der Waals surface area contributed by atoms with Crippen molar-refractivity contribution in [3.05, 3.63) is 65.3 Å². The van der Waals surface area contributed by atoms with Crippen molar-refractivity contribution in [2.24, 2.45) is 4.99 Å². The standard InChI is InChI=1S/C23H27N5OS/c1-2-24-23(25-13-7-12-22-27-17-9-4-5-10-18(17)28-22)26-15-19(29)21-14-16-8-3-6-11-20(16)30-21/h3-6,8-11,14,19,29H,2,7,12-13,15H2,1H3,(H,27,28)(H2,24,25,26). The predicted octanol–water partition coefficient (Wildman–Crippen LogP) is 4.00. The molecule has 2 aromatic carbocycles. The number of nitrogens with zero attached hydrogens (tertiary/aromatic N) is 2. The van der Waals surface area contributed by atoms with E-state index in [0.717, 1.165) is 59.0 Å². The maximum atomic E-state index is 10.6. The SMILES string of the molecule is CCNC(=NCC(O)c1cc2ccccc2s1)NCCCc1nc2ccccc2[nH]1. The monoisotopic (exact) mass is 421 g/mol. The van der Waals surface area contributed by atoms with Gasteiger partial charge in [-0.05, 0) is 43.0 Å². The van der Waals surface area contributed by atoms with Crippen LogP contribution in [0.25, 0.3) is 21.1 Å². The van der Waals surface area contributed by atoms with Gasteiger partial charge in [0.2, 0.25) is 0 Å². The van der Waals surface area contributed by atoms with Gasteiger partial charge < -0.3 is 20.7 Å². The fourth-order valence-corrected chi connectivity index (χ4v) is 4.40. The van der Waals surface area contributed by atoms with E-state index in [0.29, 0.717) is 6.54 Å². The van der Waals surface area contributed by atoms with Gasteiger partial charge in [-0.3, -0.25) is 4.99 Å². The molecule has 6 nitrogen and oxygen atoms in total. The summed E-state index contributed by atoms with van der Waals surface area (Å²) in [6.07, 6.45) is 1.20. The predicted molar refractivity (Wildman–Crippen MR) is 125 cm³/mol. The van der Waals surface area contributed by atoms with Crippen LogP contribution in [0.4, 0.5) is 0 Å². The third-order valence-corrected chi connectivity index (χ3v) is 6.08. The number of aromatic amines is 1. The summed E-state index contributed by atoms with van der Waals surface area (Å²) in [6, 6.07) is 18.3. The molecule has 0 saturated heterocycles. The summed E-state index contributed by atoms with van der Waals surface area (Å²) in [5.41, 5.74) is 2.08. The number of hydrogen-bond donors (Lipinski definition) is 4. The lowest BCUT2D eigenvalue weighted by Gasteiger charge is -2.12. The highest BCUT2D eigenvalue weighted by atomic mass is 32.1. The molecule has 7 heteroatoms. The largest absolute Gasteiger partial charge is 0.386 e. The fourth-order valence-electron chi connectivity index (χ4n) is 3.36. The minimum Gasteiger partial charge on any atom is -0.386 e. The van der Waals surface area contributed by atoms with Crippen molar-refractivity contribution in [2.45, 2.75) is 25.9 Å². The molecule has 0 fully saturated rings. The molecule has 0 spiro atoms. The molecule has 4 N–H and O–H groups in total. The molecule has 30 heavy (non-hydrogen) atoms. The Morgan fingerprint density at radius 3 is 2.83 bits per heavy atom. The second-order valence-corrected chi connectivity index (χ2v) is 8.27. The molecule has 1 unspecified atom stereocenters. The van der Waals surface area contributed by atoms with Gasteiger partial charge in [-0.2, -0.15) is 0 Å². The number of hydrogen-bond acceptors (Lipinski definition) is 4. The van der Waals surface area contributed by atoms with E-state index < -0.39 is 6.10 Å². The van der Waals surface area contributed by atoms with E-state index in [2.05, 4.69) is 37.7 Å². The van der Waals surface area contributed by atoms with Gasteiger partial charge >= 0.3 is 0 Å². The van der Waals surface area contributed by atoms with Crippen molar-refractivity contribution < 1.29 is 5.11 Å². The molecule has 4 aromatic rings. The molecule has 0 saturated carbocycles. The third-order valence-electron chi connectivity index (χ3n) is 4.86. The van der Waals surface area contributed by atoms with Crippen molar-refractivity contribution in [2.75, 3.05) is 19.6 Å². The minimum absolute atomic E-state index is 0.325. The lowest BCUT2D eigenvalue weighted by atomic mass is 10.2. The van der Waals surface area contributed by atoms with Crippen LogP contribution in [-0.4, -0.2) is 40.7 Å². The molecule has 0 bridgehead atoms. The Morgan fingerprint density at radius 2 is 2.00 bits per heavy atom. The van der Waals surface area contributed by atoms with Gasteiger partial charge in [0.05, 0.1) is 17.6 Å². The molecule has 156 valence electrons. The van der Waals surface area contributed by atoms with Gasteiger partial charge in [0.25, 0.3) is 0 Å². The Balaban J connectivity index is 1.29. The van der Waals surface area contributed by atoms with E-state index in [1.165, 1.54) is 4.70 Å². The van der Waals surface area contributed by atoms with E-state index in [9.17, 15) is 5.11 Å². The molecular formula is C23H27N5OS. The average Bonchev–Trinajstić information content (AvgIpc) is 3.38. The number of aliphatic imine (C=N–C) groups is 1. The first-order chi connectivity index (χ1) is 14.7. The van der Waals surface area contributed by atoms with E-state index in [4.69, 9.17) is 0 Å². The lowest BCUT2D eigenvalue weighted by Crippen LogP contribution is -2.38. The van der Waals surface area contributed by atoms with E-state index in [1.54, 1.807) is 11.3 Å². The lowest BCUT2D eigenvalue weighted by molar-refractivity contribution is 0.191. The van der Waals surface area contributed by atoms with Crippen molar-refractivity contribution in [1.29, 1.82) is 0 Å². The Labute approximate surface area is 180 Å². The number of benzene rings is 2. The van der Waals surface area contributed by atoms with Crippen LogP contribution >= 0.6 is 11.3 Å². The topological polar surface area (TPSA) is 85.3 Å². The quantitative estimate of drug-likeness (QED) is 0.197. The van der Waals surface area contributed by atoms with Crippen molar-refractivity contribution >= 4 is 38.4 Å². The summed E-state index contributed by atoms with van der Waals surface area (Å²) < 4.78 is 1.19. The molecule has 2 heterocycles. The first kappa shape index (κ1) is 20.4. The summed E-state index contributed by atoms with van der Waals surface area (Å²) in [7, 11) is 0. The van der Waals surface area contributed by atoms with E-state index >= 15 is 0 Å². The first-order valence-electron chi connectivity index (χ1n) is 10.4.